The van der Waals surface area contributed by atoms with Gasteiger partial charge in [-0.25, -0.2) is 9.86 Å². The highest BCUT2D eigenvalue weighted by Crippen LogP contribution is 2.10. The molecule has 0 atom stereocenters. The maximum atomic E-state index is 11.4. The average Bonchev–Trinajstić information content (AvgIpc) is 2.31. The van der Waals surface area contributed by atoms with E-state index in [1.54, 1.807) is 24.3 Å². The lowest BCUT2D eigenvalue weighted by molar-refractivity contribution is -0.0598. The highest BCUT2D eigenvalue weighted by molar-refractivity contribution is 5.88. The summed E-state index contributed by atoms with van der Waals surface area (Å²) in [7, 11) is 2.93. The molecule has 1 aromatic carbocycles. The van der Waals surface area contributed by atoms with Crippen LogP contribution < -0.4 is 5.32 Å². The second kappa shape index (κ2) is 5.73. The second-order valence-corrected chi connectivity index (χ2v) is 3.14. The van der Waals surface area contributed by atoms with Gasteiger partial charge in [-0.05, 0) is 17.7 Å². The molecule has 0 fully saturated rings. The number of hydrogen-bond donors (Lipinski definition) is 1. The summed E-state index contributed by atoms with van der Waals surface area (Å²) < 4.78 is 0. The predicted octanol–water partition coefficient (Wildman–Crippen LogP) is 1.78. The number of urea groups is 1. The van der Waals surface area contributed by atoms with Crippen molar-refractivity contribution in [1.82, 2.24) is 5.06 Å². The number of amides is 2. The van der Waals surface area contributed by atoms with E-state index in [1.165, 1.54) is 14.2 Å². The van der Waals surface area contributed by atoms with Crippen LogP contribution in [0.25, 0.3) is 0 Å². The molecular weight excluding hydrogens is 206 g/mol. The largest absolute Gasteiger partial charge is 0.345 e. The number of nitrogens with zero attached hydrogens (tertiary/aromatic N) is 2. The summed E-state index contributed by atoms with van der Waals surface area (Å²) in [4.78, 5) is 16.1. The third kappa shape index (κ3) is 3.26. The van der Waals surface area contributed by atoms with Gasteiger partial charge in [-0.15, -0.1) is 0 Å². The van der Waals surface area contributed by atoms with Gasteiger partial charge in [0.15, 0.2) is 0 Å². The van der Waals surface area contributed by atoms with Crippen molar-refractivity contribution in [1.29, 1.82) is 5.26 Å². The van der Waals surface area contributed by atoms with E-state index >= 15 is 0 Å². The van der Waals surface area contributed by atoms with E-state index in [-0.39, 0.29) is 6.03 Å². The van der Waals surface area contributed by atoms with E-state index in [0.29, 0.717) is 12.1 Å². The van der Waals surface area contributed by atoms with Gasteiger partial charge in [-0.2, -0.15) is 5.26 Å². The lowest BCUT2D eigenvalue weighted by atomic mass is 10.1. The van der Waals surface area contributed by atoms with Crippen molar-refractivity contribution < 1.29 is 9.63 Å². The maximum Gasteiger partial charge on any atom is 0.345 e. The molecule has 0 aliphatic carbocycles. The average molecular weight is 219 g/mol. The summed E-state index contributed by atoms with van der Waals surface area (Å²) >= 11 is 0. The van der Waals surface area contributed by atoms with Crippen LogP contribution in [0.3, 0.4) is 0 Å². The fraction of sp³-hybridized carbons (Fsp3) is 0.273. The Bertz CT molecular complexity index is 395. The number of carbonyl (C=O) groups is 1. The molecule has 16 heavy (non-hydrogen) atoms. The minimum atomic E-state index is -0.351. The van der Waals surface area contributed by atoms with Crippen LogP contribution in [-0.4, -0.2) is 25.3 Å². The number of hydrogen-bond acceptors (Lipinski definition) is 3. The van der Waals surface area contributed by atoms with Crippen molar-refractivity contribution in [3.8, 4) is 6.07 Å². The Kier molecular flexibility index (Phi) is 4.30. The van der Waals surface area contributed by atoms with Gasteiger partial charge in [0.05, 0.1) is 19.6 Å². The zero-order chi connectivity index (χ0) is 12.0. The number of benzene rings is 1. The van der Waals surface area contributed by atoms with E-state index in [9.17, 15) is 4.79 Å². The van der Waals surface area contributed by atoms with Crippen molar-refractivity contribution in [2.24, 2.45) is 0 Å². The highest BCUT2D eigenvalue weighted by atomic mass is 16.7. The standard InChI is InChI=1S/C11H13N3O2/c1-14(16-2)11(15)13-10-5-3-9(4-6-10)7-8-12/h3-6H,7H2,1-2H3,(H,13,15). The van der Waals surface area contributed by atoms with Crippen LogP contribution in [0.4, 0.5) is 10.5 Å². The van der Waals surface area contributed by atoms with Gasteiger partial charge in [-0.3, -0.25) is 4.84 Å². The van der Waals surface area contributed by atoms with Crippen LogP contribution in [-0.2, 0) is 11.3 Å². The normalized spacial score (nSPS) is 9.31. The molecule has 5 heteroatoms. The van der Waals surface area contributed by atoms with Crippen LogP contribution in [0.1, 0.15) is 5.56 Å². The zero-order valence-electron chi connectivity index (χ0n) is 9.23. The Hall–Kier alpha value is -2.06. The van der Waals surface area contributed by atoms with Crippen molar-refractivity contribution >= 4 is 11.7 Å². The Labute approximate surface area is 94.2 Å². The molecule has 0 bridgehead atoms. The van der Waals surface area contributed by atoms with Crippen LogP contribution >= 0.6 is 0 Å². The van der Waals surface area contributed by atoms with Crippen LogP contribution in [0, 0.1) is 11.3 Å². The van der Waals surface area contributed by atoms with Gasteiger partial charge in [0.1, 0.15) is 0 Å². The molecule has 0 aliphatic heterocycles. The highest BCUT2D eigenvalue weighted by Gasteiger charge is 2.06. The van der Waals surface area contributed by atoms with Crippen molar-refractivity contribution in [3.63, 3.8) is 0 Å². The minimum absolute atomic E-state index is 0.351. The first-order valence-electron chi connectivity index (χ1n) is 4.72. The van der Waals surface area contributed by atoms with Crippen molar-refractivity contribution in [2.45, 2.75) is 6.42 Å². The number of rotatable bonds is 3. The quantitative estimate of drug-likeness (QED) is 0.788. The SMILES string of the molecule is CON(C)C(=O)Nc1ccc(CC#N)cc1. The van der Waals surface area contributed by atoms with E-state index < -0.39 is 0 Å². The maximum absolute atomic E-state index is 11.4. The predicted molar refractivity (Wildman–Crippen MR) is 59.5 cm³/mol. The topological polar surface area (TPSA) is 65.4 Å². The summed E-state index contributed by atoms with van der Waals surface area (Å²) in [6.07, 6.45) is 0.367. The molecular formula is C11H13N3O2. The molecule has 1 aromatic rings. The fourth-order valence-electron chi connectivity index (χ4n) is 1.08. The molecule has 1 rings (SSSR count). The van der Waals surface area contributed by atoms with Gasteiger partial charge in [0, 0.05) is 12.7 Å². The van der Waals surface area contributed by atoms with Gasteiger partial charge < -0.3 is 5.32 Å². The molecule has 0 unspecified atom stereocenters. The number of carbonyl (C=O) groups excluding carboxylic acids is 1. The van der Waals surface area contributed by atoms with Gasteiger partial charge >= 0.3 is 6.03 Å². The summed E-state index contributed by atoms with van der Waals surface area (Å²) in [5.74, 6) is 0. The molecule has 0 heterocycles. The monoisotopic (exact) mass is 219 g/mol. The minimum Gasteiger partial charge on any atom is -0.306 e. The molecule has 0 saturated carbocycles. The second-order valence-electron chi connectivity index (χ2n) is 3.14. The Morgan fingerprint density at radius 1 is 1.50 bits per heavy atom. The first-order valence-corrected chi connectivity index (χ1v) is 4.72. The van der Waals surface area contributed by atoms with E-state index in [0.717, 1.165) is 10.6 Å². The number of nitrogens with one attached hydrogen (secondary N) is 1. The van der Waals surface area contributed by atoms with Gasteiger partial charge in [-0.1, -0.05) is 12.1 Å². The number of nitriles is 1. The molecule has 1 N–H and O–H groups in total. The molecule has 0 aliphatic rings. The molecule has 5 nitrogen and oxygen atoms in total. The Balaban J connectivity index is 2.62. The van der Waals surface area contributed by atoms with Gasteiger partial charge in [0.25, 0.3) is 0 Å². The lowest BCUT2D eigenvalue weighted by Gasteiger charge is -2.14. The van der Waals surface area contributed by atoms with E-state index in [2.05, 4.69) is 11.4 Å². The van der Waals surface area contributed by atoms with Crippen LogP contribution in [0.15, 0.2) is 24.3 Å². The summed E-state index contributed by atoms with van der Waals surface area (Å²) in [5.41, 5.74) is 1.58. The van der Waals surface area contributed by atoms with E-state index in [4.69, 9.17) is 10.1 Å². The molecule has 2 amide bonds. The van der Waals surface area contributed by atoms with Crippen molar-refractivity contribution in [2.75, 3.05) is 19.5 Å². The third-order valence-corrected chi connectivity index (χ3v) is 2.05. The molecule has 0 spiro atoms. The first kappa shape index (κ1) is 12.0. The van der Waals surface area contributed by atoms with Crippen LogP contribution in [0.2, 0.25) is 0 Å². The van der Waals surface area contributed by atoms with Gasteiger partial charge in [0.2, 0.25) is 0 Å². The van der Waals surface area contributed by atoms with Crippen LogP contribution in [0.5, 0.6) is 0 Å². The molecule has 84 valence electrons. The first-order chi connectivity index (χ1) is 7.67. The lowest BCUT2D eigenvalue weighted by Crippen LogP contribution is -2.30. The Morgan fingerprint density at radius 3 is 2.62 bits per heavy atom. The molecule has 0 radical (unpaired) electrons. The third-order valence-electron chi connectivity index (χ3n) is 2.05. The zero-order valence-corrected chi connectivity index (χ0v) is 9.23. The summed E-state index contributed by atoms with van der Waals surface area (Å²) in [5, 5.41) is 12.2. The summed E-state index contributed by atoms with van der Waals surface area (Å²) in [6, 6.07) is 8.79. The smallest absolute Gasteiger partial charge is 0.306 e. The molecule has 0 aromatic heterocycles. The fourth-order valence-corrected chi connectivity index (χ4v) is 1.08. The van der Waals surface area contributed by atoms with E-state index in [1.807, 2.05) is 0 Å². The molecule has 0 saturated heterocycles. The number of anilines is 1. The number of hydroxylamine groups is 2. The Morgan fingerprint density at radius 2 is 2.12 bits per heavy atom. The summed E-state index contributed by atoms with van der Waals surface area (Å²) in [6.45, 7) is 0. The van der Waals surface area contributed by atoms with Crippen molar-refractivity contribution in [3.05, 3.63) is 29.8 Å².